The van der Waals surface area contributed by atoms with Crippen molar-refractivity contribution < 1.29 is 14.6 Å². The van der Waals surface area contributed by atoms with E-state index in [0.717, 1.165) is 6.20 Å². The molecule has 0 aliphatic rings. The van der Waals surface area contributed by atoms with Crippen LogP contribution in [-0.2, 0) is 0 Å². The zero-order valence-electron chi connectivity index (χ0n) is 7.30. The molecule has 0 aliphatic carbocycles. The second-order valence-electron chi connectivity index (χ2n) is 2.35. The lowest BCUT2D eigenvalue weighted by Crippen LogP contribution is -2.04. The topological polar surface area (TPSA) is 72.3 Å². The quantitative estimate of drug-likeness (QED) is 0.558. The highest BCUT2D eigenvalue weighted by Crippen LogP contribution is 2.05. The van der Waals surface area contributed by atoms with Crippen LogP contribution in [0.5, 0.6) is 5.88 Å². The summed E-state index contributed by atoms with van der Waals surface area (Å²) in [4.78, 5) is 17.8. The summed E-state index contributed by atoms with van der Waals surface area (Å²) >= 11 is 0. The molecule has 0 aliphatic heterocycles. The predicted octanol–water partition coefficient (Wildman–Crippen LogP) is 0.577. The van der Waals surface area contributed by atoms with Gasteiger partial charge in [0.25, 0.3) is 0 Å². The summed E-state index contributed by atoms with van der Waals surface area (Å²) in [5.74, 6) is 1.41. The van der Waals surface area contributed by atoms with Gasteiger partial charge in [-0.15, -0.1) is 12.3 Å². The summed E-state index contributed by atoms with van der Waals surface area (Å²) in [6.07, 6.45) is 7.94. The van der Waals surface area contributed by atoms with E-state index in [1.165, 1.54) is 6.20 Å². The normalized spacial score (nSPS) is 9.07. The van der Waals surface area contributed by atoms with E-state index in [4.69, 9.17) is 16.3 Å². The minimum atomic E-state index is -1.14. The first-order valence-electron chi connectivity index (χ1n) is 3.85. The fraction of sp³-hybridized carbons (Fsp3) is 0.222. The number of terminal acetylenes is 1. The third kappa shape index (κ3) is 2.75. The van der Waals surface area contributed by atoms with E-state index < -0.39 is 5.97 Å². The fourth-order valence-corrected chi connectivity index (χ4v) is 0.735. The first kappa shape index (κ1) is 9.99. The Bertz CT molecular complexity index is 371. The summed E-state index contributed by atoms with van der Waals surface area (Å²) in [7, 11) is 0. The molecule has 0 amide bonds. The largest absolute Gasteiger partial charge is 0.476 e. The van der Waals surface area contributed by atoms with Crippen molar-refractivity contribution in [2.75, 3.05) is 6.61 Å². The highest BCUT2D eigenvalue weighted by Gasteiger charge is 2.06. The van der Waals surface area contributed by atoms with Gasteiger partial charge < -0.3 is 9.84 Å². The molecule has 0 aromatic carbocycles. The molecule has 0 bridgehead atoms. The predicted molar refractivity (Wildman–Crippen MR) is 47.9 cm³/mol. The molecule has 1 N–H and O–H groups in total. The highest BCUT2D eigenvalue weighted by molar-refractivity contribution is 5.84. The Morgan fingerprint density at radius 1 is 1.64 bits per heavy atom. The van der Waals surface area contributed by atoms with Crippen LogP contribution in [0.1, 0.15) is 16.9 Å². The van der Waals surface area contributed by atoms with Gasteiger partial charge in [0.15, 0.2) is 5.69 Å². The number of aromatic carboxylic acids is 1. The number of rotatable bonds is 4. The van der Waals surface area contributed by atoms with Gasteiger partial charge in [-0.3, -0.25) is 4.98 Å². The lowest BCUT2D eigenvalue weighted by molar-refractivity contribution is 0.0688. The maximum atomic E-state index is 10.5. The maximum Gasteiger partial charge on any atom is 0.356 e. The van der Waals surface area contributed by atoms with E-state index in [-0.39, 0.29) is 11.6 Å². The van der Waals surface area contributed by atoms with Gasteiger partial charge in [0.05, 0.1) is 12.4 Å². The Kier molecular flexibility index (Phi) is 3.44. The number of ether oxygens (including phenoxy) is 1. The Morgan fingerprint density at radius 2 is 2.43 bits per heavy atom. The van der Waals surface area contributed by atoms with E-state index >= 15 is 0 Å². The molecule has 5 heteroatoms. The minimum Gasteiger partial charge on any atom is -0.476 e. The minimum absolute atomic E-state index is 0.150. The molecule has 1 rings (SSSR count). The van der Waals surface area contributed by atoms with Crippen molar-refractivity contribution in [1.29, 1.82) is 0 Å². The number of hydrogen-bond acceptors (Lipinski definition) is 4. The molecule has 1 heterocycles. The Balaban J connectivity index is 2.65. The smallest absolute Gasteiger partial charge is 0.356 e. The van der Waals surface area contributed by atoms with Gasteiger partial charge in [-0.25, -0.2) is 9.78 Å². The first-order chi connectivity index (χ1) is 6.74. The molecule has 0 fully saturated rings. The molecule has 14 heavy (non-hydrogen) atoms. The van der Waals surface area contributed by atoms with Crippen molar-refractivity contribution >= 4 is 5.97 Å². The molecule has 0 spiro atoms. The lowest BCUT2D eigenvalue weighted by Gasteiger charge is -2.02. The zero-order chi connectivity index (χ0) is 10.4. The van der Waals surface area contributed by atoms with E-state index in [1.807, 2.05) is 0 Å². The average Bonchev–Trinajstić information content (AvgIpc) is 2.19. The van der Waals surface area contributed by atoms with Gasteiger partial charge >= 0.3 is 5.97 Å². The van der Waals surface area contributed by atoms with E-state index in [9.17, 15) is 4.79 Å². The molecular weight excluding hydrogens is 184 g/mol. The molecule has 0 saturated heterocycles. The van der Waals surface area contributed by atoms with Gasteiger partial charge in [0.1, 0.15) is 6.61 Å². The summed E-state index contributed by atoms with van der Waals surface area (Å²) in [6.45, 7) is 0.300. The van der Waals surface area contributed by atoms with Crippen LogP contribution in [0.15, 0.2) is 12.4 Å². The third-order valence-electron chi connectivity index (χ3n) is 1.33. The van der Waals surface area contributed by atoms with Crippen molar-refractivity contribution in [1.82, 2.24) is 9.97 Å². The number of hydrogen-bond donors (Lipinski definition) is 1. The maximum absolute atomic E-state index is 10.5. The second kappa shape index (κ2) is 4.82. The number of carboxylic acid groups (broad SMARTS) is 1. The Morgan fingerprint density at radius 3 is 3.07 bits per heavy atom. The molecule has 0 radical (unpaired) electrons. The molecular formula is C9H8N2O3. The zero-order valence-corrected chi connectivity index (χ0v) is 7.30. The summed E-state index contributed by atoms with van der Waals surface area (Å²) in [5.41, 5.74) is -0.150. The van der Waals surface area contributed by atoms with Gasteiger partial charge in [0, 0.05) is 6.42 Å². The van der Waals surface area contributed by atoms with E-state index in [1.54, 1.807) is 0 Å². The monoisotopic (exact) mass is 192 g/mol. The molecule has 1 aromatic heterocycles. The number of carbonyl (C=O) groups is 1. The van der Waals surface area contributed by atoms with Crippen LogP contribution in [-0.4, -0.2) is 27.7 Å². The molecule has 0 atom stereocenters. The van der Waals surface area contributed by atoms with E-state index in [2.05, 4.69) is 15.9 Å². The van der Waals surface area contributed by atoms with E-state index in [0.29, 0.717) is 13.0 Å². The second-order valence-corrected chi connectivity index (χ2v) is 2.35. The van der Waals surface area contributed by atoms with Crippen LogP contribution in [0.4, 0.5) is 0 Å². The van der Waals surface area contributed by atoms with Crippen molar-refractivity contribution in [3.05, 3.63) is 18.1 Å². The third-order valence-corrected chi connectivity index (χ3v) is 1.33. The molecule has 1 aromatic rings. The van der Waals surface area contributed by atoms with Crippen LogP contribution in [0.3, 0.4) is 0 Å². The average molecular weight is 192 g/mol. The highest BCUT2D eigenvalue weighted by atomic mass is 16.5. The van der Waals surface area contributed by atoms with Crippen molar-refractivity contribution in [3.8, 4) is 18.2 Å². The van der Waals surface area contributed by atoms with Crippen molar-refractivity contribution in [3.63, 3.8) is 0 Å². The van der Waals surface area contributed by atoms with Gasteiger partial charge in [-0.05, 0) is 0 Å². The van der Waals surface area contributed by atoms with Crippen LogP contribution in [0.2, 0.25) is 0 Å². The number of aromatic nitrogens is 2. The Labute approximate surface area is 80.8 Å². The fourth-order valence-electron chi connectivity index (χ4n) is 0.735. The lowest BCUT2D eigenvalue weighted by atomic mass is 10.4. The van der Waals surface area contributed by atoms with Crippen LogP contribution < -0.4 is 4.74 Å². The summed E-state index contributed by atoms with van der Waals surface area (Å²) in [6, 6.07) is 0. The van der Waals surface area contributed by atoms with Crippen LogP contribution in [0, 0.1) is 12.3 Å². The summed E-state index contributed by atoms with van der Waals surface area (Å²) in [5, 5.41) is 8.59. The first-order valence-corrected chi connectivity index (χ1v) is 3.85. The SMILES string of the molecule is C#CCCOc1cncc(C(=O)O)n1. The van der Waals surface area contributed by atoms with Crippen molar-refractivity contribution in [2.45, 2.75) is 6.42 Å². The standard InChI is InChI=1S/C9H8N2O3/c1-2-3-4-14-8-6-10-5-7(11-8)9(12)13/h1,5-6H,3-4H2,(H,12,13). The molecule has 0 unspecified atom stereocenters. The van der Waals surface area contributed by atoms with Gasteiger partial charge in [-0.1, -0.05) is 0 Å². The number of nitrogens with zero attached hydrogens (tertiary/aromatic N) is 2. The number of carboxylic acids is 1. The molecule has 72 valence electrons. The van der Waals surface area contributed by atoms with Crippen molar-refractivity contribution in [2.24, 2.45) is 0 Å². The van der Waals surface area contributed by atoms with Crippen LogP contribution in [0.25, 0.3) is 0 Å². The van der Waals surface area contributed by atoms with Crippen LogP contribution >= 0.6 is 0 Å². The summed E-state index contributed by atoms with van der Waals surface area (Å²) < 4.78 is 5.06. The Hall–Kier alpha value is -2.09. The molecule has 5 nitrogen and oxygen atoms in total. The van der Waals surface area contributed by atoms with Gasteiger partial charge in [-0.2, -0.15) is 0 Å². The van der Waals surface area contributed by atoms with Gasteiger partial charge in [0.2, 0.25) is 5.88 Å². The molecule has 0 saturated carbocycles.